The highest BCUT2D eigenvalue weighted by molar-refractivity contribution is 14.0. The predicted octanol–water partition coefficient (Wildman–Crippen LogP) is 3.51. The minimum atomic E-state index is -0.454. The minimum absolute atomic E-state index is 0. The van der Waals surface area contributed by atoms with Gasteiger partial charge >= 0.3 is 0 Å². The van der Waals surface area contributed by atoms with Crippen molar-refractivity contribution < 1.29 is 8.78 Å². The smallest absolute Gasteiger partial charge is 0.191 e. The molecular weight excluding hydrogens is 407 g/mol. The molecule has 114 valence electrons. The van der Waals surface area contributed by atoms with Crippen LogP contribution in [0.15, 0.2) is 40.0 Å². The number of thiophene rings is 1. The van der Waals surface area contributed by atoms with Crippen molar-refractivity contribution in [3.8, 4) is 0 Å². The van der Waals surface area contributed by atoms with Crippen LogP contribution in [0.2, 0.25) is 0 Å². The Balaban J connectivity index is 0.00000220. The third-order valence-electron chi connectivity index (χ3n) is 2.72. The van der Waals surface area contributed by atoms with Crippen molar-refractivity contribution in [3.63, 3.8) is 0 Å². The number of nitrogens with one attached hydrogen (secondary N) is 2. The number of hydrogen-bond donors (Lipinski definition) is 2. The molecule has 0 saturated heterocycles. The van der Waals surface area contributed by atoms with Gasteiger partial charge in [-0.05, 0) is 40.6 Å². The highest BCUT2D eigenvalue weighted by atomic mass is 127. The zero-order chi connectivity index (χ0) is 14.4. The summed E-state index contributed by atoms with van der Waals surface area (Å²) in [5, 5.41) is 10.1. The molecule has 0 aliphatic rings. The molecular formula is C14H16F2IN3S. The second-order valence-corrected chi connectivity index (χ2v) is 4.93. The molecule has 3 nitrogen and oxygen atoms in total. The lowest BCUT2D eigenvalue weighted by atomic mass is 10.2. The Morgan fingerprint density at radius 2 is 1.95 bits per heavy atom. The summed E-state index contributed by atoms with van der Waals surface area (Å²) in [5.41, 5.74) is 1.42. The molecule has 2 rings (SSSR count). The van der Waals surface area contributed by atoms with E-state index in [1.165, 1.54) is 6.07 Å². The van der Waals surface area contributed by atoms with E-state index in [1.807, 2.05) is 16.8 Å². The molecule has 0 fully saturated rings. The van der Waals surface area contributed by atoms with E-state index in [-0.39, 0.29) is 36.1 Å². The Labute approximate surface area is 143 Å². The van der Waals surface area contributed by atoms with Gasteiger partial charge in [-0.2, -0.15) is 11.3 Å². The number of nitrogens with zero attached hydrogens (tertiary/aromatic N) is 1. The second-order valence-electron chi connectivity index (χ2n) is 4.15. The SMILES string of the molecule is CN=C(NCc1ccsc1)NCc1cc(F)ccc1F.I. The molecule has 1 heterocycles. The number of benzene rings is 1. The fourth-order valence-electron chi connectivity index (χ4n) is 1.66. The van der Waals surface area contributed by atoms with Crippen molar-refractivity contribution >= 4 is 41.3 Å². The summed E-state index contributed by atoms with van der Waals surface area (Å²) in [6.07, 6.45) is 0. The molecule has 0 radical (unpaired) electrons. The molecule has 1 aromatic carbocycles. The Morgan fingerprint density at radius 3 is 2.62 bits per heavy atom. The molecule has 0 aliphatic carbocycles. The standard InChI is InChI=1S/C14H15F2N3S.HI/c1-17-14(18-7-10-4-5-20-9-10)19-8-11-6-12(15)2-3-13(11)16;/h2-6,9H,7-8H2,1H3,(H2,17,18,19);1H. The number of guanidine groups is 1. The van der Waals surface area contributed by atoms with Crippen molar-refractivity contribution in [2.75, 3.05) is 7.05 Å². The van der Waals surface area contributed by atoms with Crippen LogP contribution < -0.4 is 10.6 Å². The van der Waals surface area contributed by atoms with Gasteiger partial charge in [-0.25, -0.2) is 8.78 Å². The van der Waals surface area contributed by atoms with E-state index in [0.717, 1.165) is 17.7 Å². The van der Waals surface area contributed by atoms with E-state index in [1.54, 1.807) is 18.4 Å². The summed E-state index contributed by atoms with van der Waals surface area (Å²) in [4.78, 5) is 4.04. The van der Waals surface area contributed by atoms with E-state index >= 15 is 0 Å². The molecule has 0 spiro atoms. The van der Waals surface area contributed by atoms with Gasteiger partial charge in [0.2, 0.25) is 0 Å². The van der Waals surface area contributed by atoms with Gasteiger partial charge in [-0.1, -0.05) is 0 Å². The molecule has 7 heteroatoms. The monoisotopic (exact) mass is 423 g/mol. The molecule has 0 saturated carbocycles. The molecule has 2 aromatic rings. The van der Waals surface area contributed by atoms with Crippen LogP contribution in [-0.4, -0.2) is 13.0 Å². The Morgan fingerprint density at radius 1 is 1.19 bits per heavy atom. The highest BCUT2D eigenvalue weighted by Gasteiger charge is 2.05. The summed E-state index contributed by atoms with van der Waals surface area (Å²) in [6.45, 7) is 0.807. The van der Waals surface area contributed by atoms with Crippen LogP contribution in [0, 0.1) is 11.6 Å². The first-order valence-corrected chi connectivity index (χ1v) is 7.03. The van der Waals surface area contributed by atoms with Gasteiger partial charge in [-0.3, -0.25) is 4.99 Å². The third-order valence-corrected chi connectivity index (χ3v) is 3.45. The van der Waals surface area contributed by atoms with Crippen LogP contribution in [0.4, 0.5) is 8.78 Å². The predicted molar refractivity (Wildman–Crippen MR) is 93.1 cm³/mol. The Kier molecular flexibility index (Phi) is 7.58. The summed E-state index contributed by atoms with van der Waals surface area (Å²) in [5.74, 6) is -0.350. The van der Waals surface area contributed by atoms with Crippen LogP contribution in [0.1, 0.15) is 11.1 Å². The van der Waals surface area contributed by atoms with Crippen LogP contribution in [0.3, 0.4) is 0 Å². The van der Waals surface area contributed by atoms with Gasteiger partial charge in [0.25, 0.3) is 0 Å². The van der Waals surface area contributed by atoms with E-state index in [0.29, 0.717) is 12.5 Å². The van der Waals surface area contributed by atoms with Crippen LogP contribution in [-0.2, 0) is 13.1 Å². The van der Waals surface area contributed by atoms with E-state index in [4.69, 9.17) is 0 Å². The maximum absolute atomic E-state index is 13.5. The van der Waals surface area contributed by atoms with Crippen LogP contribution in [0.5, 0.6) is 0 Å². The molecule has 0 unspecified atom stereocenters. The van der Waals surface area contributed by atoms with Crippen molar-refractivity contribution in [1.82, 2.24) is 10.6 Å². The zero-order valence-corrected chi connectivity index (χ0v) is 14.5. The first-order chi connectivity index (χ1) is 9.69. The highest BCUT2D eigenvalue weighted by Crippen LogP contribution is 2.09. The number of hydrogen-bond acceptors (Lipinski definition) is 2. The average Bonchev–Trinajstić information content (AvgIpc) is 2.96. The van der Waals surface area contributed by atoms with Gasteiger partial charge in [0.15, 0.2) is 5.96 Å². The summed E-state index contributed by atoms with van der Waals surface area (Å²) in [7, 11) is 1.63. The lowest BCUT2D eigenvalue weighted by Crippen LogP contribution is -2.36. The van der Waals surface area contributed by atoms with E-state index < -0.39 is 11.6 Å². The van der Waals surface area contributed by atoms with E-state index in [9.17, 15) is 8.78 Å². The lowest BCUT2D eigenvalue weighted by molar-refractivity contribution is 0.581. The maximum Gasteiger partial charge on any atom is 0.191 e. The molecule has 0 bridgehead atoms. The Hall–Kier alpha value is -1.22. The third kappa shape index (κ3) is 5.58. The average molecular weight is 423 g/mol. The fourth-order valence-corrected chi connectivity index (χ4v) is 2.33. The van der Waals surface area contributed by atoms with Crippen molar-refractivity contribution in [1.29, 1.82) is 0 Å². The fraction of sp³-hybridized carbons (Fsp3) is 0.214. The molecule has 0 atom stereocenters. The normalized spacial score (nSPS) is 10.9. The molecule has 0 amide bonds. The largest absolute Gasteiger partial charge is 0.352 e. The first-order valence-electron chi connectivity index (χ1n) is 6.08. The number of halogens is 3. The molecule has 2 N–H and O–H groups in total. The van der Waals surface area contributed by atoms with Crippen LogP contribution in [0.25, 0.3) is 0 Å². The minimum Gasteiger partial charge on any atom is -0.352 e. The van der Waals surface area contributed by atoms with Gasteiger partial charge < -0.3 is 10.6 Å². The Bertz CT molecular complexity index is 588. The van der Waals surface area contributed by atoms with Gasteiger partial charge in [0.1, 0.15) is 11.6 Å². The van der Waals surface area contributed by atoms with E-state index in [2.05, 4.69) is 15.6 Å². The zero-order valence-electron chi connectivity index (χ0n) is 11.4. The van der Waals surface area contributed by atoms with Crippen molar-refractivity contribution in [2.24, 2.45) is 4.99 Å². The topological polar surface area (TPSA) is 36.4 Å². The summed E-state index contributed by atoms with van der Waals surface area (Å²) in [6, 6.07) is 5.40. The molecule has 21 heavy (non-hydrogen) atoms. The molecule has 1 aromatic heterocycles. The van der Waals surface area contributed by atoms with Gasteiger partial charge in [0, 0.05) is 25.7 Å². The summed E-state index contributed by atoms with van der Waals surface area (Å²) < 4.78 is 26.5. The van der Waals surface area contributed by atoms with Crippen LogP contribution >= 0.6 is 35.3 Å². The van der Waals surface area contributed by atoms with Crippen molar-refractivity contribution in [3.05, 3.63) is 57.8 Å². The first kappa shape index (κ1) is 17.8. The maximum atomic E-state index is 13.5. The lowest BCUT2D eigenvalue weighted by Gasteiger charge is -2.11. The second kappa shape index (κ2) is 8.93. The van der Waals surface area contributed by atoms with Gasteiger partial charge in [0.05, 0.1) is 0 Å². The number of aliphatic imine (C=N–C) groups is 1. The quantitative estimate of drug-likeness (QED) is 0.449. The van der Waals surface area contributed by atoms with Gasteiger partial charge in [-0.15, -0.1) is 24.0 Å². The summed E-state index contributed by atoms with van der Waals surface area (Å²) >= 11 is 1.62. The van der Waals surface area contributed by atoms with Crippen molar-refractivity contribution in [2.45, 2.75) is 13.1 Å². The number of rotatable bonds is 4. The molecule has 0 aliphatic heterocycles.